The summed E-state index contributed by atoms with van der Waals surface area (Å²) < 4.78 is 0.661. The normalized spacial score (nSPS) is 15.4. The van der Waals surface area contributed by atoms with Crippen molar-refractivity contribution >= 4 is 68.4 Å². The van der Waals surface area contributed by atoms with E-state index in [2.05, 4.69) is 34.5 Å². The number of aliphatic hydroxyl groups excluding tert-OH is 1. The van der Waals surface area contributed by atoms with Crippen molar-refractivity contribution in [3.05, 3.63) is 136 Å². The van der Waals surface area contributed by atoms with Crippen LogP contribution in [0.3, 0.4) is 0 Å². The van der Waals surface area contributed by atoms with Gasteiger partial charge in [-0.25, -0.2) is 0 Å². The number of anilines is 1. The molecule has 6 rings (SSSR count). The van der Waals surface area contributed by atoms with Crippen LogP contribution in [0.1, 0.15) is 22.7 Å². The molecular weight excluding hydrogens is 574 g/mol. The first-order valence-corrected chi connectivity index (χ1v) is 14.9. The van der Waals surface area contributed by atoms with Crippen LogP contribution in [0.5, 0.6) is 0 Å². The van der Waals surface area contributed by atoms with Gasteiger partial charge in [-0.1, -0.05) is 126 Å². The van der Waals surface area contributed by atoms with Crippen LogP contribution >= 0.6 is 34.7 Å². The van der Waals surface area contributed by atoms with E-state index in [0.29, 0.717) is 20.7 Å². The maximum absolute atomic E-state index is 13.4. The molecule has 41 heavy (non-hydrogen) atoms. The number of carbonyl (C=O) groups excluding carboxylic acids is 2. The Morgan fingerprint density at radius 3 is 2.56 bits per heavy atom. The fourth-order valence-electron chi connectivity index (χ4n) is 4.79. The minimum absolute atomic E-state index is 0.0374. The zero-order chi connectivity index (χ0) is 28.3. The van der Waals surface area contributed by atoms with E-state index in [4.69, 9.17) is 11.6 Å². The molecule has 0 bridgehead atoms. The third-order valence-corrected chi connectivity index (χ3v) is 9.04. The summed E-state index contributed by atoms with van der Waals surface area (Å²) in [5, 5.41) is 22.6. The molecule has 6 nitrogen and oxygen atoms in total. The van der Waals surface area contributed by atoms with Crippen molar-refractivity contribution in [1.82, 2.24) is 10.2 Å². The number of rotatable bonds is 8. The smallest absolute Gasteiger partial charge is 0.296 e. The van der Waals surface area contributed by atoms with E-state index in [1.807, 2.05) is 48.5 Å². The molecule has 1 aromatic heterocycles. The highest BCUT2D eigenvalue weighted by Crippen LogP contribution is 2.44. The van der Waals surface area contributed by atoms with Crippen LogP contribution in [0, 0.1) is 0 Å². The number of hydrogen-bond donors (Lipinski definition) is 1. The summed E-state index contributed by atoms with van der Waals surface area (Å²) in [5.74, 6) is -1.15. The van der Waals surface area contributed by atoms with E-state index in [1.165, 1.54) is 39.5 Å². The topological polar surface area (TPSA) is 83.4 Å². The second-order valence-electron chi connectivity index (χ2n) is 9.28. The lowest BCUT2D eigenvalue weighted by Gasteiger charge is -2.23. The van der Waals surface area contributed by atoms with E-state index in [1.54, 1.807) is 30.3 Å². The maximum atomic E-state index is 13.4. The Morgan fingerprint density at radius 1 is 0.976 bits per heavy atom. The van der Waals surface area contributed by atoms with E-state index >= 15 is 0 Å². The highest BCUT2D eigenvalue weighted by atomic mass is 35.5. The zero-order valence-electron chi connectivity index (χ0n) is 21.5. The number of nitrogens with zero attached hydrogens (tertiary/aromatic N) is 3. The molecule has 2 heterocycles. The van der Waals surface area contributed by atoms with Gasteiger partial charge in [0.05, 0.1) is 11.6 Å². The quantitative estimate of drug-likeness (QED) is 0.112. The Morgan fingerprint density at radius 2 is 1.73 bits per heavy atom. The molecule has 1 N–H and O–H groups in total. The minimum atomic E-state index is -0.919. The SMILES string of the molecule is O=C(C=Cc1ccccc1)C1=C(O)C(=O)N(c2nnc(SCc3cccc4ccccc34)s2)C1c1cccc(Cl)c1. The second-order valence-corrected chi connectivity index (χ2v) is 11.9. The molecule has 202 valence electrons. The van der Waals surface area contributed by atoms with Crippen molar-refractivity contribution in [1.29, 1.82) is 0 Å². The van der Waals surface area contributed by atoms with Crippen molar-refractivity contribution in [2.24, 2.45) is 0 Å². The number of thioether (sulfide) groups is 1. The Balaban J connectivity index is 1.31. The van der Waals surface area contributed by atoms with Gasteiger partial charge in [-0.2, -0.15) is 0 Å². The van der Waals surface area contributed by atoms with Gasteiger partial charge in [-0.15, -0.1) is 10.2 Å². The number of aliphatic hydroxyl groups is 1. The summed E-state index contributed by atoms with van der Waals surface area (Å²) in [6.07, 6.45) is 3.01. The molecular formula is C32H22ClN3O3S2. The number of fused-ring (bicyclic) bond motifs is 1. The predicted octanol–water partition coefficient (Wildman–Crippen LogP) is 7.82. The molecule has 4 aromatic carbocycles. The molecule has 5 aromatic rings. The number of amides is 1. The summed E-state index contributed by atoms with van der Waals surface area (Å²) in [4.78, 5) is 28.2. The van der Waals surface area contributed by atoms with Crippen molar-refractivity contribution in [3.63, 3.8) is 0 Å². The molecule has 1 amide bonds. The van der Waals surface area contributed by atoms with E-state index in [9.17, 15) is 14.7 Å². The van der Waals surface area contributed by atoms with Gasteiger partial charge >= 0.3 is 0 Å². The molecule has 0 saturated heterocycles. The number of hydrogen-bond acceptors (Lipinski definition) is 7. The lowest BCUT2D eigenvalue weighted by molar-refractivity contribution is -0.117. The van der Waals surface area contributed by atoms with E-state index in [-0.39, 0.29) is 10.7 Å². The number of ketones is 1. The van der Waals surface area contributed by atoms with Gasteiger partial charge in [0.1, 0.15) is 0 Å². The van der Waals surface area contributed by atoms with Crippen LogP contribution < -0.4 is 4.90 Å². The van der Waals surface area contributed by atoms with Crippen LogP contribution in [-0.2, 0) is 15.3 Å². The minimum Gasteiger partial charge on any atom is -0.503 e. The average molecular weight is 596 g/mol. The largest absolute Gasteiger partial charge is 0.503 e. The number of carbonyl (C=O) groups is 2. The van der Waals surface area contributed by atoms with Gasteiger partial charge in [-0.3, -0.25) is 14.5 Å². The summed E-state index contributed by atoms with van der Waals surface area (Å²) in [7, 11) is 0. The summed E-state index contributed by atoms with van der Waals surface area (Å²) in [5.41, 5.74) is 2.52. The van der Waals surface area contributed by atoms with Gasteiger partial charge in [0, 0.05) is 10.8 Å². The van der Waals surface area contributed by atoms with Crippen molar-refractivity contribution in [2.75, 3.05) is 4.90 Å². The third-order valence-electron chi connectivity index (χ3n) is 6.70. The lowest BCUT2D eigenvalue weighted by Crippen LogP contribution is -2.30. The maximum Gasteiger partial charge on any atom is 0.296 e. The molecule has 1 atom stereocenters. The van der Waals surface area contributed by atoms with Crippen LogP contribution in [0.25, 0.3) is 16.8 Å². The Hall–Kier alpha value is -4.24. The Labute approximate surface area is 249 Å². The summed E-state index contributed by atoms with van der Waals surface area (Å²) in [6.45, 7) is 0. The molecule has 0 saturated carbocycles. The standard InChI is InChI=1S/C32H22ClN3O3S2/c33-24-14-7-12-22(18-24)28-27(26(37)17-16-20-8-2-1-3-9-20)29(38)30(39)36(28)31-34-35-32(41-31)40-19-23-13-6-11-21-10-4-5-15-25(21)23/h1-18,28,38H,19H2. The van der Waals surface area contributed by atoms with E-state index in [0.717, 1.165) is 16.5 Å². The first-order valence-electron chi connectivity index (χ1n) is 12.7. The summed E-state index contributed by atoms with van der Waals surface area (Å²) >= 11 is 9.04. The van der Waals surface area contributed by atoms with Gasteiger partial charge in [-0.05, 0) is 45.7 Å². The van der Waals surface area contributed by atoms with Gasteiger partial charge in [0.25, 0.3) is 5.91 Å². The van der Waals surface area contributed by atoms with Crippen molar-refractivity contribution < 1.29 is 14.7 Å². The fraction of sp³-hybridized carbons (Fsp3) is 0.0625. The van der Waals surface area contributed by atoms with Gasteiger partial charge in [0.2, 0.25) is 5.13 Å². The Kier molecular flexibility index (Phi) is 7.69. The molecule has 1 unspecified atom stereocenters. The molecule has 0 fully saturated rings. The van der Waals surface area contributed by atoms with Gasteiger partial charge in [0.15, 0.2) is 15.9 Å². The number of benzene rings is 4. The molecule has 0 spiro atoms. The van der Waals surface area contributed by atoms with E-state index < -0.39 is 23.5 Å². The third kappa shape index (κ3) is 5.54. The van der Waals surface area contributed by atoms with Crippen LogP contribution in [-0.4, -0.2) is 27.0 Å². The highest BCUT2D eigenvalue weighted by molar-refractivity contribution is 8.00. The van der Waals surface area contributed by atoms with Crippen molar-refractivity contribution in [3.8, 4) is 0 Å². The van der Waals surface area contributed by atoms with Crippen molar-refractivity contribution in [2.45, 2.75) is 16.1 Å². The number of halogens is 1. The first-order chi connectivity index (χ1) is 20.0. The average Bonchev–Trinajstić information content (AvgIpc) is 3.57. The molecule has 9 heteroatoms. The highest BCUT2D eigenvalue weighted by Gasteiger charge is 2.45. The number of allylic oxidation sites excluding steroid dienone is 1. The van der Waals surface area contributed by atoms with Crippen LogP contribution in [0.2, 0.25) is 5.02 Å². The first kappa shape index (κ1) is 27.0. The molecule has 1 aliphatic heterocycles. The summed E-state index contributed by atoms with van der Waals surface area (Å²) in [6, 6.07) is 29.7. The Bertz CT molecular complexity index is 1830. The molecule has 0 radical (unpaired) electrons. The predicted molar refractivity (Wildman–Crippen MR) is 165 cm³/mol. The van der Waals surface area contributed by atoms with Crippen LogP contribution in [0.15, 0.2) is 119 Å². The van der Waals surface area contributed by atoms with Gasteiger partial charge < -0.3 is 5.11 Å². The molecule has 1 aliphatic rings. The lowest BCUT2D eigenvalue weighted by atomic mass is 9.96. The number of aromatic nitrogens is 2. The monoisotopic (exact) mass is 595 g/mol. The van der Waals surface area contributed by atoms with Crippen LogP contribution in [0.4, 0.5) is 5.13 Å². The fourth-order valence-corrected chi connectivity index (χ4v) is 6.86. The zero-order valence-corrected chi connectivity index (χ0v) is 23.9. The molecule has 0 aliphatic carbocycles. The second kappa shape index (κ2) is 11.7.